The van der Waals surface area contributed by atoms with Crippen molar-refractivity contribution >= 4 is 5.82 Å². The number of methoxy groups -OCH3 is 1. The summed E-state index contributed by atoms with van der Waals surface area (Å²) < 4.78 is 10.4. The fourth-order valence-corrected chi connectivity index (χ4v) is 2.20. The summed E-state index contributed by atoms with van der Waals surface area (Å²) in [5.74, 6) is -0.0458. The number of nitrogen functional groups attached to an aromatic ring is 1. The van der Waals surface area contributed by atoms with E-state index in [-0.39, 0.29) is 52.1 Å². The average Bonchev–Trinajstić information content (AvgIpc) is 2.55. The van der Waals surface area contributed by atoms with Crippen LogP contribution in [0.3, 0.4) is 0 Å². The van der Waals surface area contributed by atoms with E-state index in [0.717, 1.165) is 0 Å². The Labute approximate surface area is 133 Å². The fraction of sp³-hybridized carbons (Fsp3) is 0.188. The quantitative estimate of drug-likeness (QED) is 0.886. The molecule has 0 saturated carbocycles. The lowest BCUT2D eigenvalue weighted by Gasteiger charge is -2.15. The highest BCUT2D eigenvalue weighted by molar-refractivity contribution is 5.86. The van der Waals surface area contributed by atoms with Crippen LogP contribution in [-0.2, 0) is 0 Å². The van der Waals surface area contributed by atoms with E-state index in [0.29, 0.717) is 0 Å². The molecule has 0 aliphatic heterocycles. The van der Waals surface area contributed by atoms with Crippen molar-refractivity contribution in [3.8, 4) is 40.6 Å². The molecule has 3 N–H and O–H groups in total. The van der Waals surface area contributed by atoms with Crippen molar-refractivity contribution in [2.24, 2.45) is 0 Å². The number of nitrogens with zero attached hydrogens (tertiary/aromatic N) is 3. The minimum atomic E-state index is -0.198. The number of phenols is 1. The molecule has 2 rings (SSSR count). The van der Waals surface area contributed by atoms with E-state index < -0.39 is 0 Å². The number of anilines is 1. The summed E-state index contributed by atoms with van der Waals surface area (Å²) >= 11 is 0. The Bertz CT molecular complexity index is 835. The molecule has 0 spiro atoms. The highest BCUT2D eigenvalue weighted by Crippen LogP contribution is 2.42. The molecule has 116 valence electrons. The van der Waals surface area contributed by atoms with Gasteiger partial charge in [-0.1, -0.05) is 12.1 Å². The van der Waals surface area contributed by atoms with Gasteiger partial charge in [-0.05, 0) is 13.0 Å². The summed E-state index contributed by atoms with van der Waals surface area (Å²) in [5.41, 5.74) is 6.24. The molecule has 0 aliphatic rings. The first kappa shape index (κ1) is 15.9. The van der Waals surface area contributed by atoms with Crippen LogP contribution in [0.1, 0.15) is 18.1 Å². The van der Waals surface area contributed by atoms with Gasteiger partial charge < -0.3 is 20.3 Å². The van der Waals surface area contributed by atoms with Gasteiger partial charge in [0.2, 0.25) is 5.88 Å². The van der Waals surface area contributed by atoms with Crippen LogP contribution in [0.2, 0.25) is 0 Å². The Morgan fingerprint density at radius 3 is 2.52 bits per heavy atom. The van der Waals surface area contributed by atoms with E-state index in [1.165, 1.54) is 7.11 Å². The van der Waals surface area contributed by atoms with Crippen LogP contribution in [0.15, 0.2) is 18.2 Å². The van der Waals surface area contributed by atoms with Gasteiger partial charge in [0.1, 0.15) is 29.1 Å². The second kappa shape index (κ2) is 6.54. The Kier molecular flexibility index (Phi) is 4.53. The van der Waals surface area contributed by atoms with Gasteiger partial charge in [0, 0.05) is 11.1 Å². The van der Waals surface area contributed by atoms with E-state index in [2.05, 4.69) is 4.98 Å². The van der Waals surface area contributed by atoms with Crippen LogP contribution in [0.5, 0.6) is 17.4 Å². The number of aromatic nitrogens is 1. The van der Waals surface area contributed by atoms with Crippen LogP contribution >= 0.6 is 0 Å². The Morgan fingerprint density at radius 2 is 1.96 bits per heavy atom. The summed E-state index contributed by atoms with van der Waals surface area (Å²) in [6.45, 7) is 2.01. The summed E-state index contributed by atoms with van der Waals surface area (Å²) in [4.78, 5) is 3.96. The maximum Gasteiger partial charge on any atom is 0.234 e. The molecule has 7 heteroatoms. The molecule has 0 bridgehead atoms. The lowest BCUT2D eigenvalue weighted by Crippen LogP contribution is -2.06. The third-order valence-electron chi connectivity index (χ3n) is 3.18. The lowest BCUT2D eigenvalue weighted by atomic mass is 9.95. The monoisotopic (exact) mass is 310 g/mol. The maximum absolute atomic E-state index is 10.3. The molecule has 1 aromatic heterocycles. The van der Waals surface area contributed by atoms with E-state index in [9.17, 15) is 15.6 Å². The first-order valence-corrected chi connectivity index (χ1v) is 6.71. The van der Waals surface area contributed by atoms with Crippen molar-refractivity contribution in [3.05, 3.63) is 29.3 Å². The number of rotatable bonds is 4. The maximum atomic E-state index is 10.3. The van der Waals surface area contributed by atoms with Crippen molar-refractivity contribution < 1.29 is 14.6 Å². The molecule has 1 aromatic carbocycles. The number of nitriles is 2. The van der Waals surface area contributed by atoms with Gasteiger partial charge in [-0.25, -0.2) is 0 Å². The van der Waals surface area contributed by atoms with Crippen LogP contribution in [0.25, 0.3) is 11.1 Å². The highest BCUT2D eigenvalue weighted by atomic mass is 16.5. The summed E-state index contributed by atoms with van der Waals surface area (Å²) in [5, 5.41) is 29.2. The molecule has 1 heterocycles. The second-order valence-corrected chi connectivity index (χ2v) is 4.44. The number of hydrogen-bond donors (Lipinski definition) is 2. The molecule has 23 heavy (non-hydrogen) atoms. The molecular weight excluding hydrogens is 296 g/mol. The SMILES string of the molecule is CCOc1nc(N)c(C#N)c(-c2cccc(OC)c2O)c1C#N. The molecule has 2 aromatic rings. The van der Waals surface area contributed by atoms with Gasteiger partial charge in [-0.2, -0.15) is 15.5 Å². The molecule has 7 nitrogen and oxygen atoms in total. The predicted octanol–water partition coefficient (Wildman–Crippen LogP) is 2.19. The topological polar surface area (TPSA) is 125 Å². The molecule has 0 saturated heterocycles. The fourth-order valence-electron chi connectivity index (χ4n) is 2.20. The number of benzene rings is 1. The van der Waals surface area contributed by atoms with E-state index in [1.54, 1.807) is 25.1 Å². The molecular formula is C16H14N4O3. The summed E-state index contributed by atoms with van der Waals surface area (Å²) in [6.07, 6.45) is 0. The normalized spacial score (nSPS) is 9.74. The molecule has 0 radical (unpaired) electrons. The number of phenolic OH excluding ortho intramolecular Hbond substituents is 1. The number of aromatic hydroxyl groups is 1. The van der Waals surface area contributed by atoms with Gasteiger partial charge in [-0.15, -0.1) is 0 Å². The zero-order valence-electron chi connectivity index (χ0n) is 12.6. The highest BCUT2D eigenvalue weighted by Gasteiger charge is 2.24. The molecule has 0 aliphatic carbocycles. The van der Waals surface area contributed by atoms with Gasteiger partial charge in [0.15, 0.2) is 11.5 Å². The van der Waals surface area contributed by atoms with Gasteiger partial charge in [0.25, 0.3) is 0 Å². The first-order chi connectivity index (χ1) is 11.1. The van der Waals surface area contributed by atoms with E-state index >= 15 is 0 Å². The van der Waals surface area contributed by atoms with Crippen LogP contribution in [0, 0.1) is 22.7 Å². The van der Waals surface area contributed by atoms with Crippen LogP contribution < -0.4 is 15.2 Å². The van der Waals surface area contributed by atoms with Crippen LogP contribution in [0.4, 0.5) is 5.82 Å². The third kappa shape index (κ3) is 2.68. The number of pyridine rings is 1. The number of hydrogen-bond acceptors (Lipinski definition) is 7. The molecule has 0 atom stereocenters. The van der Waals surface area contributed by atoms with Crippen LogP contribution in [-0.4, -0.2) is 23.8 Å². The standard InChI is InChI=1S/C16H14N4O3/c1-3-23-16-11(8-18)13(10(7-17)15(19)20-16)9-5-4-6-12(22-2)14(9)21/h4-6,21H,3H2,1-2H3,(H2,19,20). The molecule has 0 amide bonds. The number of para-hydroxylation sites is 1. The van der Waals surface area contributed by atoms with Crippen molar-refractivity contribution in [1.29, 1.82) is 10.5 Å². The van der Waals surface area contributed by atoms with Crippen molar-refractivity contribution in [1.82, 2.24) is 4.98 Å². The van der Waals surface area contributed by atoms with E-state index in [4.69, 9.17) is 15.2 Å². The van der Waals surface area contributed by atoms with Crippen molar-refractivity contribution in [2.75, 3.05) is 19.5 Å². The first-order valence-electron chi connectivity index (χ1n) is 6.71. The smallest absolute Gasteiger partial charge is 0.234 e. The average molecular weight is 310 g/mol. The Balaban J connectivity index is 2.91. The Morgan fingerprint density at radius 1 is 1.26 bits per heavy atom. The Hall–Kier alpha value is -3.45. The van der Waals surface area contributed by atoms with Gasteiger partial charge in [0.05, 0.1) is 13.7 Å². The zero-order chi connectivity index (χ0) is 17.0. The zero-order valence-corrected chi connectivity index (χ0v) is 12.6. The molecule has 0 unspecified atom stereocenters. The van der Waals surface area contributed by atoms with Gasteiger partial charge in [-0.3, -0.25) is 0 Å². The summed E-state index contributed by atoms with van der Waals surface area (Å²) in [7, 11) is 1.40. The second-order valence-electron chi connectivity index (χ2n) is 4.44. The lowest BCUT2D eigenvalue weighted by molar-refractivity contribution is 0.326. The minimum absolute atomic E-state index is 0.00597. The predicted molar refractivity (Wildman–Crippen MR) is 82.9 cm³/mol. The number of nitrogens with two attached hydrogens (primary N) is 1. The van der Waals surface area contributed by atoms with E-state index in [1.807, 2.05) is 12.1 Å². The molecule has 0 fully saturated rings. The minimum Gasteiger partial charge on any atom is -0.504 e. The largest absolute Gasteiger partial charge is 0.504 e. The summed E-state index contributed by atoms with van der Waals surface area (Å²) in [6, 6.07) is 8.65. The number of ether oxygens (including phenoxy) is 2. The van der Waals surface area contributed by atoms with Gasteiger partial charge >= 0.3 is 0 Å². The third-order valence-corrected chi connectivity index (χ3v) is 3.18. The van der Waals surface area contributed by atoms with Crippen molar-refractivity contribution in [2.45, 2.75) is 6.92 Å². The van der Waals surface area contributed by atoms with Crippen molar-refractivity contribution in [3.63, 3.8) is 0 Å².